The number of phenolic OH excluding ortho intramolecular Hbond substituents is 1. The van der Waals surface area contributed by atoms with Gasteiger partial charge >= 0.3 is 0 Å². The van der Waals surface area contributed by atoms with Crippen molar-refractivity contribution < 1.29 is 9.50 Å². The van der Waals surface area contributed by atoms with Crippen molar-refractivity contribution in [2.24, 2.45) is 0 Å². The van der Waals surface area contributed by atoms with E-state index in [1.165, 1.54) is 6.07 Å². The van der Waals surface area contributed by atoms with Gasteiger partial charge in [0.05, 0.1) is 5.69 Å². The predicted molar refractivity (Wildman–Crippen MR) is 62.7 cm³/mol. The van der Waals surface area contributed by atoms with Crippen LogP contribution >= 0.6 is 0 Å². The lowest BCUT2D eigenvalue weighted by Crippen LogP contribution is -1.87. The SMILES string of the molecule is Cc1cc(-c2ccc(N)c(O)c2)ccc1F. The number of aromatic hydroxyl groups is 1. The maximum Gasteiger partial charge on any atom is 0.139 e. The number of phenols is 1. The van der Waals surface area contributed by atoms with Crippen molar-refractivity contribution >= 4 is 5.69 Å². The van der Waals surface area contributed by atoms with Crippen molar-refractivity contribution in [3.05, 3.63) is 47.8 Å². The fraction of sp³-hybridized carbons (Fsp3) is 0.0769. The van der Waals surface area contributed by atoms with Gasteiger partial charge in [0.15, 0.2) is 0 Å². The van der Waals surface area contributed by atoms with Gasteiger partial charge in [0.25, 0.3) is 0 Å². The molecule has 0 saturated carbocycles. The van der Waals surface area contributed by atoms with Gasteiger partial charge in [0.2, 0.25) is 0 Å². The van der Waals surface area contributed by atoms with Gasteiger partial charge in [-0.05, 0) is 47.9 Å². The Labute approximate surface area is 93.2 Å². The van der Waals surface area contributed by atoms with E-state index >= 15 is 0 Å². The quantitative estimate of drug-likeness (QED) is 0.569. The van der Waals surface area contributed by atoms with Crippen molar-refractivity contribution in [2.75, 3.05) is 5.73 Å². The second-order valence-corrected chi connectivity index (χ2v) is 3.74. The molecule has 0 bridgehead atoms. The number of nitrogen functional groups attached to an aromatic ring is 1. The zero-order valence-corrected chi connectivity index (χ0v) is 8.87. The Morgan fingerprint density at radius 3 is 2.31 bits per heavy atom. The Kier molecular flexibility index (Phi) is 2.52. The standard InChI is InChI=1S/C13H12FNO/c1-8-6-9(2-4-11(8)14)10-3-5-12(15)13(16)7-10/h2-7,16H,15H2,1H3. The molecule has 2 nitrogen and oxygen atoms in total. The molecule has 0 aliphatic carbocycles. The third-order valence-electron chi connectivity index (χ3n) is 2.52. The van der Waals surface area contributed by atoms with Gasteiger partial charge in [-0.15, -0.1) is 0 Å². The first-order valence-electron chi connectivity index (χ1n) is 4.93. The average molecular weight is 217 g/mol. The fourth-order valence-electron chi connectivity index (χ4n) is 1.55. The molecule has 0 atom stereocenters. The van der Waals surface area contributed by atoms with Crippen molar-refractivity contribution in [3.63, 3.8) is 0 Å². The summed E-state index contributed by atoms with van der Waals surface area (Å²) in [6.45, 7) is 1.70. The van der Waals surface area contributed by atoms with Gasteiger partial charge in [-0.2, -0.15) is 0 Å². The van der Waals surface area contributed by atoms with Crippen LogP contribution in [0.25, 0.3) is 11.1 Å². The summed E-state index contributed by atoms with van der Waals surface area (Å²) in [5.74, 6) is -0.192. The largest absolute Gasteiger partial charge is 0.506 e. The summed E-state index contributed by atoms with van der Waals surface area (Å²) >= 11 is 0. The molecule has 0 radical (unpaired) electrons. The number of aryl methyl sites for hydroxylation is 1. The van der Waals surface area contributed by atoms with Gasteiger partial charge in [-0.3, -0.25) is 0 Å². The molecule has 2 aromatic carbocycles. The van der Waals surface area contributed by atoms with E-state index in [9.17, 15) is 9.50 Å². The highest BCUT2D eigenvalue weighted by molar-refractivity contribution is 5.70. The van der Waals surface area contributed by atoms with E-state index in [4.69, 9.17) is 5.73 Å². The summed E-state index contributed by atoms with van der Waals surface area (Å²) in [5, 5.41) is 9.49. The number of hydrogen-bond acceptors (Lipinski definition) is 2. The topological polar surface area (TPSA) is 46.2 Å². The van der Waals surface area contributed by atoms with Gasteiger partial charge in [0, 0.05) is 0 Å². The second kappa shape index (κ2) is 3.85. The van der Waals surface area contributed by atoms with Crippen LogP contribution in [0.5, 0.6) is 5.75 Å². The number of nitrogens with two attached hydrogens (primary N) is 1. The van der Waals surface area contributed by atoms with Gasteiger partial charge in [-0.25, -0.2) is 4.39 Å². The number of rotatable bonds is 1. The maximum atomic E-state index is 13.1. The van der Waals surface area contributed by atoms with Gasteiger partial charge in [-0.1, -0.05) is 12.1 Å². The third-order valence-corrected chi connectivity index (χ3v) is 2.52. The van der Waals surface area contributed by atoms with Crippen LogP contribution in [0.4, 0.5) is 10.1 Å². The molecule has 0 aromatic heterocycles. The molecular formula is C13H12FNO. The zero-order chi connectivity index (χ0) is 11.7. The highest BCUT2D eigenvalue weighted by Gasteiger charge is 2.04. The molecule has 0 amide bonds. The first kappa shape index (κ1) is 10.5. The third kappa shape index (κ3) is 1.84. The Bertz CT molecular complexity index is 488. The molecule has 82 valence electrons. The Morgan fingerprint density at radius 2 is 1.69 bits per heavy atom. The summed E-state index contributed by atoms with van der Waals surface area (Å²) in [6.07, 6.45) is 0. The molecule has 16 heavy (non-hydrogen) atoms. The number of hydrogen-bond donors (Lipinski definition) is 2. The minimum Gasteiger partial charge on any atom is -0.506 e. The molecule has 0 saturated heterocycles. The molecule has 0 fully saturated rings. The fourth-order valence-corrected chi connectivity index (χ4v) is 1.55. The Hall–Kier alpha value is -2.03. The van der Waals surface area contributed by atoms with Crippen LogP contribution in [0.15, 0.2) is 36.4 Å². The monoisotopic (exact) mass is 217 g/mol. The summed E-state index contributed by atoms with van der Waals surface area (Å²) in [7, 11) is 0. The van der Waals surface area contributed by atoms with Crippen LogP contribution in [-0.2, 0) is 0 Å². The van der Waals surface area contributed by atoms with E-state index in [0.717, 1.165) is 11.1 Å². The molecule has 0 spiro atoms. The van der Waals surface area contributed by atoms with Crippen molar-refractivity contribution in [1.29, 1.82) is 0 Å². The number of halogens is 1. The maximum absolute atomic E-state index is 13.1. The zero-order valence-electron chi connectivity index (χ0n) is 8.87. The highest BCUT2D eigenvalue weighted by atomic mass is 19.1. The minimum atomic E-state index is -0.233. The molecule has 2 rings (SSSR count). The van der Waals surface area contributed by atoms with Crippen LogP contribution in [0, 0.1) is 12.7 Å². The van der Waals surface area contributed by atoms with Crippen LogP contribution in [-0.4, -0.2) is 5.11 Å². The van der Waals surface area contributed by atoms with Crippen LogP contribution < -0.4 is 5.73 Å². The first-order valence-corrected chi connectivity index (χ1v) is 4.93. The Morgan fingerprint density at radius 1 is 1.06 bits per heavy atom. The summed E-state index contributed by atoms with van der Waals surface area (Å²) in [6, 6.07) is 9.82. The van der Waals surface area contributed by atoms with E-state index in [-0.39, 0.29) is 11.6 Å². The van der Waals surface area contributed by atoms with Crippen molar-refractivity contribution in [3.8, 4) is 16.9 Å². The minimum absolute atomic E-state index is 0.0412. The first-order chi connectivity index (χ1) is 7.58. The van der Waals surface area contributed by atoms with Gasteiger partial charge in [0.1, 0.15) is 11.6 Å². The number of anilines is 1. The van der Waals surface area contributed by atoms with E-state index in [1.807, 2.05) is 0 Å². The molecule has 0 aliphatic heterocycles. The Balaban J connectivity index is 2.50. The lowest BCUT2D eigenvalue weighted by molar-refractivity contribution is 0.478. The lowest BCUT2D eigenvalue weighted by Gasteiger charge is -2.06. The molecule has 0 aliphatic rings. The van der Waals surface area contributed by atoms with E-state index in [1.54, 1.807) is 37.3 Å². The molecule has 0 heterocycles. The van der Waals surface area contributed by atoms with E-state index < -0.39 is 0 Å². The van der Waals surface area contributed by atoms with Crippen molar-refractivity contribution in [2.45, 2.75) is 6.92 Å². The van der Waals surface area contributed by atoms with Crippen LogP contribution in [0.2, 0.25) is 0 Å². The molecule has 3 heteroatoms. The molecular weight excluding hydrogens is 205 g/mol. The van der Waals surface area contributed by atoms with Crippen LogP contribution in [0.3, 0.4) is 0 Å². The molecule has 2 aromatic rings. The summed E-state index contributed by atoms with van der Waals surface area (Å²) < 4.78 is 13.1. The van der Waals surface area contributed by atoms with E-state index in [0.29, 0.717) is 11.3 Å². The molecule has 3 N–H and O–H groups in total. The summed E-state index contributed by atoms with van der Waals surface area (Å²) in [4.78, 5) is 0. The summed E-state index contributed by atoms with van der Waals surface area (Å²) in [5.41, 5.74) is 8.09. The van der Waals surface area contributed by atoms with E-state index in [2.05, 4.69) is 0 Å². The second-order valence-electron chi connectivity index (χ2n) is 3.74. The predicted octanol–water partition coefficient (Wildman–Crippen LogP) is 3.09. The normalized spacial score (nSPS) is 10.4. The van der Waals surface area contributed by atoms with Crippen molar-refractivity contribution in [1.82, 2.24) is 0 Å². The van der Waals surface area contributed by atoms with Crippen LogP contribution in [0.1, 0.15) is 5.56 Å². The highest BCUT2D eigenvalue weighted by Crippen LogP contribution is 2.28. The van der Waals surface area contributed by atoms with Gasteiger partial charge < -0.3 is 10.8 Å². The lowest BCUT2D eigenvalue weighted by atomic mass is 10.0. The smallest absolute Gasteiger partial charge is 0.139 e. The average Bonchev–Trinajstić information content (AvgIpc) is 2.26. The molecule has 0 unspecified atom stereocenters. The number of benzene rings is 2.